The molecule has 0 radical (unpaired) electrons. The molecule has 0 aromatic heterocycles. The highest BCUT2D eigenvalue weighted by molar-refractivity contribution is 9.10. The monoisotopic (exact) mass is 419 g/mol. The number of hydrogen-bond acceptors (Lipinski definition) is 3. The van der Waals surface area contributed by atoms with Crippen LogP contribution in [0.4, 0.5) is 5.69 Å². The zero-order valence-electron chi connectivity index (χ0n) is 15.4. The highest BCUT2D eigenvalue weighted by atomic mass is 79.9. The van der Waals surface area contributed by atoms with E-state index in [-0.39, 0.29) is 16.2 Å². The average Bonchev–Trinajstić information content (AvgIpc) is 2.59. The number of para-hydroxylation sites is 1. The Morgan fingerprint density at radius 2 is 1.77 bits per heavy atom. The number of carbonyl (C=O) groups excluding carboxylic acids is 2. The van der Waals surface area contributed by atoms with Crippen LogP contribution in [0.25, 0.3) is 0 Å². The fourth-order valence-corrected chi connectivity index (χ4v) is 7.23. The maximum atomic E-state index is 13.1. The van der Waals surface area contributed by atoms with E-state index in [4.69, 9.17) is 4.74 Å². The number of carbonyl (C=O) groups is 2. The third kappa shape index (κ3) is 3.08. The summed E-state index contributed by atoms with van der Waals surface area (Å²) < 4.78 is 5.84. The quantitative estimate of drug-likeness (QED) is 0.539. The van der Waals surface area contributed by atoms with Gasteiger partial charge in [-0.15, -0.1) is 0 Å². The molecule has 5 rings (SSSR count). The summed E-state index contributed by atoms with van der Waals surface area (Å²) in [5.74, 6) is 0.864. The lowest BCUT2D eigenvalue weighted by atomic mass is 9.49. The first-order valence-electron chi connectivity index (χ1n) is 9.53. The Labute approximate surface area is 163 Å². The van der Waals surface area contributed by atoms with Crippen LogP contribution in [0.5, 0.6) is 0 Å². The number of benzene rings is 1. The van der Waals surface area contributed by atoms with Crippen molar-refractivity contribution in [3.8, 4) is 0 Å². The van der Waals surface area contributed by atoms with Crippen molar-refractivity contribution in [2.45, 2.75) is 55.9 Å². The molecule has 4 nitrogen and oxygen atoms in total. The molecule has 1 amide bonds. The van der Waals surface area contributed by atoms with Gasteiger partial charge in [0.1, 0.15) is 0 Å². The number of alkyl halides is 1. The summed E-state index contributed by atoms with van der Waals surface area (Å²) in [7, 11) is 1.72. The zero-order chi connectivity index (χ0) is 18.5. The SMILES string of the molecule is CC(OC(=O)C12CC3CC(CC(Br)(C3)C1)C2)C(=O)N(C)c1ccccc1. The Morgan fingerprint density at radius 1 is 1.15 bits per heavy atom. The first kappa shape index (κ1) is 18.0. The maximum absolute atomic E-state index is 13.1. The number of nitrogens with zero attached hydrogens (tertiary/aromatic N) is 1. The molecule has 0 heterocycles. The summed E-state index contributed by atoms with van der Waals surface area (Å²) in [5, 5.41) is 0. The summed E-state index contributed by atoms with van der Waals surface area (Å²) in [5.41, 5.74) is 0.405. The van der Waals surface area contributed by atoms with Gasteiger partial charge in [0.05, 0.1) is 5.41 Å². The van der Waals surface area contributed by atoms with Crippen molar-refractivity contribution in [3.63, 3.8) is 0 Å². The van der Waals surface area contributed by atoms with Gasteiger partial charge in [-0.1, -0.05) is 34.1 Å². The van der Waals surface area contributed by atoms with Gasteiger partial charge in [0.15, 0.2) is 6.10 Å². The van der Waals surface area contributed by atoms with E-state index in [2.05, 4.69) is 15.9 Å². The predicted molar refractivity (Wildman–Crippen MR) is 104 cm³/mol. The highest BCUT2D eigenvalue weighted by Crippen LogP contribution is 2.64. The van der Waals surface area contributed by atoms with Gasteiger partial charge >= 0.3 is 5.97 Å². The highest BCUT2D eigenvalue weighted by Gasteiger charge is 2.60. The molecule has 4 aliphatic rings. The van der Waals surface area contributed by atoms with Gasteiger partial charge in [0.2, 0.25) is 0 Å². The molecule has 4 saturated carbocycles. The largest absolute Gasteiger partial charge is 0.452 e. The van der Waals surface area contributed by atoms with Gasteiger partial charge in [0.25, 0.3) is 5.91 Å². The predicted octanol–water partition coefficient (Wildman–Crippen LogP) is 4.32. The number of anilines is 1. The van der Waals surface area contributed by atoms with Crippen LogP contribution < -0.4 is 4.90 Å². The molecule has 0 saturated heterocycles. The Morgan fingerprint density at radius 3 is 2.35 bits per heavy atom. The number of rotatable bonds is 4. The molecule has 0 N–H and O–H groups in total. The van der Waals surface area contributed by atoms with Crippen LogP contribution in [0.3, 0.4) is 0 Å². The lowest BCUT2D eigenvalue weighted by Crippen LogP contribution is -2.56. The van der Waals surface area contributed by atoms with E-state index in [1.807, 2.05) is 30.3 Å². The molecule has 4 fully saturated rings. The summed E-state index contributed by atoms with van der Waals surface area (Å²) in [6, 6.07) is 9.44. The van der Waals surface area contributed by atoms with Crippen molar-refractivity contribution in [2.75, 3.05) is 11.9 Å². The number of hydrogen-bond donors (Lipinski definition) is 0. The van der Waals surface area contributed by atoms with E-state index in [9.17, 15) is 9.59 Å². The second-order valence-electron chi connectivity index (χ2n) is 8.67. The maximum Gasteiger partial charge on any atom is 0.312 e. The lowest BCUT2D eigenvalue weighted by Gasteiger charge is -2.58. The fraction of sp³-hybridized carbons (Fsp3) is 0.619. The molecule has 26 heavy (non-hydrogen) atoms. The topological polar surface area (TPSA) is 46.6 Å². The van der Waals surface area contributed by atoms with E-state index in [1.54, 1.807) is 18.9 Å². The number of amides is 1. The van der Waals surface area contributed by atoms with Gasteiger partial charge in [-0.05, 0) is 69.4 Å². The fourth-order valence-electron chi connectivity index (χ4n) is 5.78. The molecule has 4 aliphatic carbocycles. The summed E-state index contributed by atoms with van der Waals surface area (Å²) in [4.78, 5) is 27.4. The van der Waals surface area contributed by atoms with Crippen LogP contribution in [-0.2, 0) is 14.3 Å². The second-order valence-corrected chi connectivity index (χ2v) is 10.4. The van der Waals surface area contributed by atoms with Crippen molar-refractivity contribution < 1.29 is 14.3 Å². The molecular weight excluding hydrogens is 394 g/mol. The smallest absolute Gasteiger partial charge is 0.312 e. The molecule has 3 unspecified atom stereocenters. The first-order chi connectivity index (χ1) is 12.3. The molecule has 1 aromatic rings. The first-order valence-corrected chi connectivity index (χ1v) is 10.3. The zero-order valence-corrected chi connectivity index (χ0v) is 17.0. The summed E-state index contributed by atoms with van der Waals surface area (Å²) in [6.45, 7) is 1.68. The number of halogens is 1. The van der Waals surface area contributed by atoms with Gasteiger partial charge in [-0.3, -0.25) is 9.59 Å². The number of ether oxygens (including phenoxy) is 1. The van der Waals surface area contributed by atoms with Crippen LogP contribution >= 0.6 is 15.9 Å². The van der Waals surface area contributed by atoms with E-state index >= 15 is 0 Å². The Balaban J connectivity index is 1.45. The van der Waals surface area contributed by atoms with E-state index in [0.29, 0.717) is 11.8 Å². The molecule has 0 aliphatic heterocycles. The summed E-state index contributed by atoms with van der Waals surface area (Å²) in [6.07, 6.45) is 5.51. The summed E-state index contributed by atoms with van der Waals surface area (Å²) >= 11 is 3.93. The molecular formula is C21H26BrNO3. The molecule has 3 atom stereocenters. The normalized spacial score (nSPS) is 35.8. The van der Waals surface area contributed by atoms with Crippen molar-refractivity contribution >= 4 is 33.5 Å². The minimum Gasteiger partial charge on any atom is -0.452 e. The Hall–Kier alpha value is -1.36. The molecule has 140 valence electrons. The van der Waals surface area contributed by atoms with Crippen LogP contribution in [-0.4, -0.2) is 29.4 Å². The van der Waals surface area contributed by atoms with Crippen LogP contribution in [0.1, 0.15) is 45.4 Å². The molecule has 0 spiro atoms. The second kappa shape index (κ2) is 6.36. The van der Waals surface area contributed by atoms with Gasteiger partial charge in [-0.2, -0.15) is 0 Å². The van der Waals surface area contributed by atoms with Gasteiger partial charge < -0.3 is 9.64 Å². The molecule has 1 aromatic carbocycles. The van der Waals surface area contributed by atoms with Crippen molar-refractivity contribution in [2.24, 2.45) is 17.3 Å². The Kier molecular flexibility index (Phi) is 4.41. The van der Waals surface area contributed by atoms with Crippen molar-refractivity contribution in [3.05, 3.63) is 30.3 Å². The molecule has 5 heteroatoms. The average molecular weight is 420 g/mol. The number of likely N-dealkylation sites (N-methyl/N-ethyl adjacent to an activating group) is 1. The third-order valence-corrected chi connectivity index (χ3v) is 7.46. The van der Waals surface area contributed by atoms with E-state index < -0.39 is 11.5 Å². The lowest BCUT2D eigenvalue weighted by molar-refractivity contribution is -0.176. The van der Waals surface area contributed by atoms with E-state index in [0.717, 1.165) is 24.9 Å². The van der Waals surface area contributed by atoms with E-state index in [1.165, 1.54) is 19.3 Å². The van der Waals surface area contributed by atoms with Gasteiger partial charge in [0, 0.05) is 17.1 Å². The van der Waals surface area contributed by atoms with Crippen molar-refractivity contribution in [1.29, 1.82) is 0 Å². The van der Waals surface area contributed by atoms with Crippen molar-refractivity contribution in [1.82, 2.24) is 0 Å². The van der Waals surface area contributed by atoms with Gasteiger partial charge in [-0.25, -0.2) is 0 Å². The minimum absolute atomic E-state index is 0.101. The minimum atomic E-state index is -0.771. The molecule has 4 bridgehead atoms. The van der Waals surface area contributed by atoms with Crippen LogP contribution in [0, 0.1) is 17.3 Å². The van der Waals surface area contributed by atoms with Crippen LogP contribution in [0.2, 0.25) is 0 Å². The Bertz CT molecular complexity index is 705. The standard InChI is InChI=1S/C21H26BrNO3/c1-14(18(24)23(2)17-6-4-3-5-7-17)26-19(25)20-9-15-8-16(10-20)12-21(22,11-15)13-20/h3-7,14-16H,8-13H2,1-2H3. The van der Waals surface area contributed by atoms with Crippen LogP contribution in [0.15, 0.2) is 30.3 Å². The number of esters is 1. The third-order valence-electron chi connectivity index (χ3n) is 6.53.